The fourth-order valence-electron chi connectivity index (χ4n) is 2.00. The van der Waals surface area contributed by atoms with Crippen LogP contribution in [0, 0.1) is 0 Å². The Morgan fingerprint density at radius 1 is 1.41 bits per heavy atom. The van der Waals surface area contributed by atoms with E-state index in [1.165, 1.54) is 5.56 Å². The molecule has 1 atom stereocenters. The van der Waals surface area contributed by atoms with Gasteiger partial charge >= 0.3 is 0 Å². The van der Waals surface area contributed by atoms with Crippen LogP contribution in [-0.4, -0.2) is 35.8 Å². The van der Waals surface area contributed by atoms with Crippen molar-refractivity contribution < 1.29 is 9.84 Å². The molecule has 1 aromatic rings. The van der Waals surface area contributed by atoms with Gasteiger partial charge in [-0.15, -0.1) is 0 Å². The Bertz CT molecular complexity index is 388. The number of morpholine rings is 1. The molecule has 94 valence electrons. The Kier molecular flexibility index (Phi) is 4.47. The van der Waals surface area contributed by atoms with Crippen LogP contribution in [0.4, 0.5) is 0 Å². The van der Waals surface area contributed by atoms with Gasteiger partial charge in [0.25, 0.3) is 0 Å². The normalized spacial score (nSPS) is 21.7. The molecule has 0 bridgehead atoms. The molecule has 0 amide bonds. The van der Waals surface area contributed by atoms with E-state index in [4.69, 9.17) is 4.74 Å². The number of ether oxygens (including phenoxy) is 1. The summed E-state index contributed by atoms with van der Waals surface area (Å²) in [6.07, 6.45) is 0.299. The summed E-state index contributed by atoms with van der Waals surface area (Å²) < 4.78 is 6.96. The zero-order valence-electron chi connectivity index (χ0n) is 9.62. The molecular formula is C12H15Br2NO2. The van der Waals surface area contributed by atoms with Crippen molar-refractivity contribution in [3.05, 3.63) is 26.6 Å². The number of hydrogen-bond acceptors (Lipinski definition) is 3. The van der Waals surface area contributed by atoms with Gasteiger partial charge in [-0.05, 0) is 56.5 Å². The minimum absolute atomic E-state index is 0.254. The third-order valence-electron chi connectivity index (χ3n) is 2.81. The second-order valence-corrected chi connectivity index (χ2v) is 6.03. The summed E-state index contributed by atoms with van der Waals surface area (Å²) in [5.41, 5.74) is 1.18. The quantitative estimate of drug-likeness (QED) is 0.874. The molecule has 1 N–H and O–H groups in total. The Morgan fingerprint density at radius 2 is 2.06 bits per heavy atom. The first-order valence-electron chi connectivity index (χ1n) is 5.57. The lowest BCUT2D eigenvalue weighted by Crippen LogP contribution is -2.40. The lowest BCUT2D eigenvalue weighted by atomic mass is 10.2. The molecule has 17 heavy (non-hydrogen) atoms. The Hall–Kier alpha value is -0.100. The third-order valence-corrected chi connectivity index (χ3v) is 4.02. The van der Waals surface area contributed by atoms with E-state index in [2.05, 4.69) is 43.7 Å². The van der Waals surface area contributed by atoms with Gasteiger partial charge in [0.15, 0.2) is 0 Å². The molecule has 0 spiro atoms. The van der Waals surface area contributed by atoms with E-state index < -0.39 is 0 Å². The fourth-order valence-corrected chi connectivity index (χ4v) is 3.28. The molecule has 1 aliphatic rings. The van der Waals surface area contributed by atoms with Crippen LogP contribution in [-0.2, 0) is 11.3 Å². The highest BCUT2D eigenvalue weighted by Gasteiger charge is 2.17. The number of rotatable bonds is 2. The molecule has 0 saturated carbocycles. The predicted molar refractivity (Wildman–Crippen MR) is 74.2 cm³/mol. The van der Waals surface area contributed by atoms with E-state index >= 15 is 0 Å². The molecular weight excluding hydrogens is 350 g/mol. The maximum absolute atomic E-state index is 9.65. The van der Waals surface area contributed by atoms with E-state index in [0.717, 1.165) is 35.2 Å². The molecule has 1 aromatic carbocycles. The maximum Gasteiger partial charge on any atom is 0.143 e. The number of phenols is 1. The summed E-state index contributed by atoms with van der Waals surface area (Å²) >= 11 is 6.70. The number of hydrogen-bond donors (Lipinski definition) is 1. The molecule has 1 saturated heterocycles. The summed E-state index contributed by atoms with van der Waals surface area (Å²) in [6.45, 7) is 5.68. The molecule has 0 aromatic heterocycles. The molecule has 0 aliphatic carbocycles. The van der Waals surface area contributed by atoms with Crippen molar-refractivity contribution in [3.8, 4) is 5.75 Å². The van der Waals surface area contributed by atoms with Crippen LogP contribution in [0.25, 0.3) is 0 Å². The number of benzene rings is 1. The fraction of sp³-hybridized carbons (Fsp3) is 0.500. The van der Waals surface area contributed by atoms with Gasteiger partial charge in [0.05, 0.1) is 21.7 Å². The van der Waals surface area contributed by atoms with Crippen molar-refractivity contribution in [2.45, 2.75) is 19.6 Å². The second-order valence-electron chi connectivity index (χ2n) is 4.32. The van der Waals surface area contributed by atoms with Gasteiger partial charge in [0.1, 0.15) is 5.75 Å². The lowest BCUT2D eigenvalue weighted by molar-refractivity contribution is -0.0212. The van der Waals surface area contributed by atoms with Gasteiger partial charge in [0, 0.05) is 19.6 Å². The van der Waals surface area contributed by atoms with Crippen molar-refractivity contribution >= 4 is 31.9 Å². The number of phenolic OH excluding ortho intramolecular Hbond substituents is 1. The lowest BCUT2D eigenvalue weighted by Gasteiger charge is -2.31. The molecule has 1 heterocycles. The zero-order valence-corrected chi connectivity index (χ0v) is 12.8. The average Bonchev–Trinajstić information content (AvgIpc) is 2.26. The molecule has 3 nitrogen and oxygen atoms in total. The highest BCUT2D eigenvalue weighted by atomic mass is 79.9. The SMILES string of the molecule is CC1CN(Cc2cc(Br)c(O)c(Br)c2)CCO1. The highest BCUT2D eigenvalue weighted by molar-refractivity contribution is 9.11. The maximum atomic E-state index is 9.65. The van der Waals surface area contributed by atoms with Gasteiger partial charge in [-0.3, -0.25) is 4.90 Å². The smallest absolute Gasteiger partial charge is 0.143 e. The Morgan fingerprint density at radius 3 is 2.65 bits per heavy atom. The van der Waals surface area contributed by atoms with Crippen LogP contribution >= 0.6 is 31.9 Å². The highest BCUT2D eigenvalue weighted by Crippen LogP contribution is 2.33. The van der Waals surface area contributed by atoms with E-state index in [1.807, 2.05) is 12.1 Å². The molecule has 1 fully saturated rings. The molecule has 2 rings (SSSR count). The minimum atomic E-state index is 0.254. The van der Waals surface area contributed by atoms with E-state index in [-0.39, 0.29) is 5.75 Å². The standard InChI is InChI=1S/C12H15Br2NO2/c1-8-6-15(2-3-17-8)7-9-4-10(13)12(16)11(14)5-9/h4-5,8,16H,2-3,6-7H2,1H3. The van der Waals surface area contributed by atoms with Crippen LogP contribution in [0.5, 0.6) is 5.75 Å². The molecule has 0 radical (unpaired) electrons. The summed E-state index contributed by atoms with van der Waals surface area (Å²) in [7, 11) is 0. The van der Waals surface area contributed by atoms with Crippen LogP contribution in [0.2, 0.25) is 0 Å². The average molecular weight is 365 g/mol. The second kappa shape index (κ2) is 5.69. The predicted octanol–water partition coefficient (Wildman–Crippen LogP) is 3.14. The van der Waals surface area contributed by atoms with Gasteiger partial charge in [-0.25, -0.2) is 0 Å². The summed E-state index contributed by atoms with van der Waals surface area (Å²) in [5.74, 6) is 0.254. The summed E-state index contributed by atoms with van der Waals surface area (Å²) in [6, 6.07) is 3.92. The van der Waals surface area contributed by atoms with Crippen molar-refractivity contribution in [1.29, 1.82) is 0 Å². The van der Waals surface area contributed by atoms with E-state index in [1.54, 1.807) is 0 Å². The van der Waals surface area contributed by atoms with Gasteiger partial charge in [0.2, 0.25) is 0 Å². The van der Waals surface area contributed by atoms with Crippen molar-refractivity contribution in [1.82, 2.24) is 4.90 Å². The molecule has 1 unspecified atom stereocenters. The monoisotopic (exact) mass is 363 g/mol. The first-order chi connectivity index (χ1) is 8.06. The first-order valence-corrected chi connectivity index (χ1v) is 7.15. The number of aromatic hydroxyl groups is 1. The molecule has 5 heteroatoms. The van der Waals surface area contributed by atoms with Crippen LogP contribution in [0.3, 0.4) is 0 Å². The van der Waals surface area contributed by atoms with Crippen LogP contribution in [0.1, 0.15) is 12.5 Å². The van der Waals surface area contributed by atoms with Crippen molar-refractivity contribution in [2.24, 2.45) is 0 Å². The van der Waals surface area contributed by atoms with E-state index in [9.17, 15) is 5.11 Å². The largest absolute Gasteiger partial charge is 0.506 e. The number of nitrogens with zero attached hydrogens (tertiary/aromatic N) is 1. The Labute approximate surface area is 118 Å². The first kappa shape index (κ1) is 13.3. The number of halogens is 2. The van der Waals surface area contributed by atoms with Crippen LogP contribution in [0.15, 0.2) is 21.1 Å². The minimum Gasteiger partial charge on any atom is -0.506 e. The topological polar surface area (TPSA) is 32.7 Å². The third kappa shape index (κ3) is 3.44. The summed E-state index contributed by atoms with van der Waals surface area (Å²) in [5, 5.41) is 9.65. The zero-order chi connectivity index (χ0) is 12.4. The van der Waals surface area contributed by atoms with Gasteiger partial charge in [-0.1, -0.05) is 0 Å². The van der Waals surface area contributed by atoms with Gasteiger partial charge < -0.3 is 9.84 Å². The van der Waals surface area contributed by atoms with Crippen molar-refractivity contribution in [2.75, 3.05) is 19.7 Å². The molecule has 1 aliphatic heterocycles. The summed E-state index contributed by atoms with van der Waals surface area (Å²) in [4.78, 5) is 2.36. The van der Waals surface area contributed by atoms with Crippen LogP contribution < -0.4 is 0 Å². The Balaban J connectivity index is 2.08. The van der Waals surface area contributed by atoms with E-state index in [0.29, 0.717) is 6.10 Å². The van der Waals surface area contributed by atoms with Gasteiger partial charge in [-0.2, -0.15) is 0 Å². The van der Waals surface area contributed by atoms with Crippen molar-refractivity contribution in [3.63, 3.8) is 0 Å².